The van der Waals surface area contributed by atoms with E-state index in [2.05, 4.69) is 83.3 Å². The van der Waals surface area contributed by atoms with Crippen molar-refractivity contribution in [3.63, 3.8) is 0 Å². The van der Waals surface area contributed by atoms with Gasteiger partial charge in [-0.15, -0.1) is 0 Å². The fourth-order valence-corrected chi connectivity index (χ4v) is 5.07. The third-order valence-corrected chi connectivity index (χ3v) is 7.44. The maximum Gasteiger partial charge on any atom is 0.316 e. The summed E-state index contributed by atoms with van der Waals surface area (Å²) in [6, 6.07) is 35.2. The Bertz CT molecular complexity index is 1600. The van der Waals surface area contributed by atoms with Crippen molar-refractivity contribution in [2.45, 2.75) is 32.1 Å². The van der Waals surface area contributed by atoms with Crippen LogP contribution in [0.5, 0.6) is 0 Å². The summed E-state index contributed by atoms with van der Waals surface area (Å²) in [6.07, 6.45) is 1.70. The van der Waals surface area contributed by atoms with E-state index < -0.39 is 5.41 Å². The van der Waals surface area contributed by atoms with Crippen LogP contribution in [-0.4, -0.2) is 17.7 Å². The van der Waals surface area contributed by atoms with Crippen molar-refractivity contribution in [1.29, 1.82) is 0 Å². The number of hydrogen-bond acceptors (Lipinski definition) is 5. The van der Waals surface area contributed by atoms with E-state index in [9.17, 15) is 4.79 Å². The summed E-state index contributed by atoms with van der Waals surface area (Å²) >= 11 is 0. The van der Waals surface area contributed by atoms with Gasteiger partial charge in [0.25, 0.3) is 0 Å². The van der Waals surface area contributed by atoms with Crippen molar-refractivity contribution >= 4 is 17.3 Å². The highest BCUT2D eigenvalue weighted by Crippen LogP contribution is 2.49. The molecule has 4 aromatic carbocycles. The molecular weight excluding hydrogens is 484 g/mol. The second kappa shape index (κ2) is 10.3. The smallest absolute Gasteiger partial charge is 0.316 e. The first-order valence-corrected chi connectivity index (χ1v) is 13.3. The molecular formula is C34H30N2O3. The van der Waals surface area contributed by atoms with Gasteiger partial charge >= 0.3 is 5.97 Å². The number of nitrogens with one attached hydrogen (secondary N) is 1. The van der Waals surface area contributed by atoms with E-state index in [0.717, 1.165) is 57.7 Å². The number of rotatable bonds is 8. The zero-order valence-corrected chi connectivity index (χ0v) is 22.1. The molecule has 194 valence electrons. The van der Waals surface area contributed by atoms with Gasteiger partial charge in [0.05, 0.1) is 12.0 Å². The van der Waals surface area contributed by atoms with Crippen molar-refractivity contribution < 1.29 is 14.1 Å². The molecule has 0 amide bonds. The number of carbonyl (C=O) groups excluding carboxylic acids is 1. The van der Waals surface area contributed by atoms with Crippen LogP contribution in [-0.2, 0) is 14.9 Å². The van der Waals surface area contributed by atoms with Crippen molar-refractivity contribution in [2.75, 3.05) is 11.9 Å². The van der Waals surface area contributed by atoms with Crippen LogP contribution in [0, 0.1) is 6.92 Å². The predicted octanol–water partition coefficient (Wildman–Crippen LogP) is 8.32. The number of benzene rings is 4. The van der Waals surface area contributed by atoms with E-state index in [1.165, 1.54) is 5.56 Å². The SMILES string of the molecule is CCOC(=O)C1(c2ccc(-c3ccc(-c4onc(C)c4Nc4cccc(-c5ccccc5)c4)cc3)cc2)CC1. The van der Waals surface area contributed by atoms with Gasteiger partial charge in [-0.3, -0.25) is 4.79 Å². The molecule has 0 aliphatic heterocycles. The third kappa shape index (κ3) is 4.84. The van der Waals surface area contributed by atoms with Crippen LogP contribution in [0.3, 0.4) is 0 Å². The van der Waals surface area contributed by atoms with Gasteiger partial charge in [-0.05, 0) is 66.6 Å². The lowest BCUT2D eigenvalue weighted by Crippen LogP contribution is -2.23. The molecule has 5 nitrogen and oxygen atoms in total. The number of ether oxygens (including phenoxy) is 1. The predicted molar refractivity (Wildman–Crippen MR) is 155 cm³/mol. The molecule has 1 heterocycles. The minimum Gasteiger partial charge on any atom is -0.465 e. The number of hydrogen-bond donors (Lipinski definition) is 1. The number of aromatic nitrogens is 1. The lowest BCUT2D eigenvalue weighted by Gasteiger charge is -2.14. The van der Waals surface area contributed by atoms with Gasteiger partial charge in [0.2, 0.25) is 0 Å². The highest BCUT2D eigenvalue weighted by atomic mass is 16.5. The van der Waals surface area contributed by atoms with Gasteiger partial charge in [0.1, 0.15) is 11.4 Å². The van der Waals surface area contributed by atoms with Crippen LogP contribution in [0.4, 0.5) is 11.4 Å². The normalized spacial score (nSPS) is 13.6. The monoisotopic (exact) mass is 514 g/mol. The minimum atomic E-state index is -0.452. The molecule has 1 aromatic heterocycles. The Labute approximate surface area is 228 Å². The largest absolute Gasteiger partial charge is 0.465 e. The van der Waals surface area contributed by atoms with Crippen molar-refractivity contribution in [2.24, 2.45) is 0 Å². The van der Waals surface area contributed by atoms with E-state index in [1.54, 1.807) is 0 Å². The lowest BCUT2D eigenvalue weighted by atomic mass is 9.93. The molecule has 0 unspecified atom stereocenters. The Kier molecular flexibility index (Phi) is 6.49. The molecule has 1 aliphatic rings. The Morgan fingerprint density at radius 3 is 2.10 bits per heavy atom. The zero-order valence-electron chi connectivity index (χ0n) is 22.1. The minimum absolute atomic E-state index is 0.111. The van der Waals surface area contributed by atoms with E-state index in [1.807, 2.05) is 44.2 Å². The average Bonchev–Trinajstić information content (AvgIpc) is 3.73. The lowest BCUT2D eigenvalue weighted by molar-refractivity contribution is -0.146. The standard InChI is InChI=1S/C34H30N2O3/c1-3-38-33(37)34(20-21-34)29-18-16-26(17-19-29)25-12-14-27(15-13-25)32-31(23(2)36-39-32)35-30-11-7-10-28(22-30)24-8-5-4-6-9-24/h4-19,22,35H,3,20-21H2,1-2H3. The second-order valence-electron chi connectivity index (χ2n) is 10.0. The molecule has 0 radical (unpaired) electrons. The number of anilines is 2. The third-order valence-electron chi connectivity index (χ3n) is 7.44. The van der Waals surface area contributed by atoms with Crippen LogP contribution < -0.4 is 5.32 Å². The van der Waals surface area contributed by atoms with E-state index >= 15 is 0 Å². The van der Waals surface area contributed by atoms with Crippen LogP contribution in [0.15, 0.2) is 108 Å². The molecule has 1 saturated carbocycles. The van der Waals surface area contributed by atoms with Crippen LogP contribution in [0.25, 0.3) is 33.6 Å². The molecule has 0 atom stereocenters. The molecule has 0 saturated heterocycles. The van der Waals surface area contributed by atoms with E-state index in [4.69, 9.17) is 9.26 Å². The van der Waals surface area contributed by atoms with Gasteiger partial charge < -0.3 is 14.6 Å². The maximum atomic E-state index is 12.4. The summed E-state index contributed by atoms with van der Waals surface area (Å²) in [7, 11) is 0. The molecule has 39 heavy (non-hydrogen) atoms. The Hall–Kier alpha value is -4.64. The van der Waals surface area contributed by atoms with Crippen LogP contribution in [0.2, 0.25) is 0 Å². The summed E-state index contributed by atoms with van der Waals surface area (Å²) in [5.74, 6) is 0.588. The Balaban J connectivity index is 1.22. The van der Waals surface area contributed by atoms with Crippen molar-refractivity contribution in [1.82, 2.24) is 5.16 Å². The summed E-state index contributed by atoms with van der Waals surface area (Å²) in [5.41, 5.74) is 8.63. The first-order valence-electron chi connectivity index (χ1n) is 13.3. The van der Waals surface area contributed by atoms with Gasteiger partial charge in [-0.1, -0.05) is 96.2 Å². The average molecular weight is 515 g/mol. The molecule has 1 aliphatic carbocycles. The summed E-state index contributed by atoms with van der Waals surface area (Å²) in [4.78, 5) is 12.4. The summed E-state index contributed by atoms with van der Waals surface area (Å²) in [5, 5.41) is 7.77. The topological polar surface area (TPSA) is 64.4 Å². The summed E-state index contributed by atoms with van der Waals surface area (Å²) < 4.78 is 11.1. The zero-order chi connectivity index (χ0) is 26.8. The maximum absolute atomic E-state index is 12.4. The van der Waals surface area contributed by atoms with Gasteiger partial charge in [0.15, 0.2) is 5.76 Å². The first kappa shape index (κ1) is 24.7. The molecule has 5 heteroatoms. The van der Waals surface area contributed by atoms with Crippen LogP contribution >= 0.6 is 0 Å². The fourth-order valence-electron chi connectivity index (χ4n) is 5.07. The number of carbonyl (C=O) groups is 1. The molecule has 6 rings (SSSR count). The Morgan fingerprint density at radius 1 is 0.821 bits per heavy atom. The molecule has 0 bridgehead atoms. The molecule has 5 aromatic rings. The number of esters is 1. The number of aryl methyl sites for hydroxylation is 1. The number of nitrogens with zero attached hydrogens (tertiary/aromatic N) is 1. The van der Waals surface area contributed by atoms with E-state index in [-0.39, 0.29) is 5.97 Å². The highest BCUT2D eigenvalue weighted by Gasteiger charge is 2.52. The Morgan fingerprint density at radius 2 is 1.44 bits per heavy atom. The van der Waals surface area contributed by atoms with Crippen molar-refractivity contribution in [3.8, 4) is 33.6 Å². The first-order chi connectivity index (χ1) is 19.1. The quantitative estimate of drug-likeness (QED) is 0.211. The fraction of sp³-hybridized carbons (Fsp3) is 0.176. The van der Waals surface area contributed by atoms with Crippen molar-refractivity contribution in [3.05, 3.63) is 114 Å². The van der Waals surface area contributed by atoms with Gasteiger partial charge in [0, 0.05) is 11.3 Å². The second-order valence-corrected chi connectivity index (χ2v) is 10.0. The van der Waals surface area contributed by atoms with Gasteiger partial charge in [-0.25, -0.2) is 0 Å². The summed E-state index contributed by atoms with van der Waals surface area (Å²) in [6.45, 7) is 4.20. The molecule has 1 N–H and O–H groups in total. The van der Waals surface area contributed by atoms with E-state index in [0.29, 0.717) is 12.4 Å². The molecule has 0 spiro atoms. The molecule has 1 fully saturated rings. The van der Waals surface area contributed by atoms with Gasteiger partial charge in [-0.2, -0.15) is 0 Å². The highest BCUT2D eigenvalue weighted by molar-refractivity contribution is 5.87. The van der Waals surface area contributed by atoms with Crippen LogP contribution in [0.1, 0.15) is 31.0 Å².